The largest absolute Gasteiger partial charge is 0.493 e. The molecule has 6 rings (SSSR count). The van der Waals surface area contributed by atoms with Crippen molar-refractivity contribution < 1.29 is 38.4 Å². The van der Waals surface area contributed by atoms with Gasteiger partial charge in [0.1, 0.15) is 17.0 Å². The number of rotatable bonds is 8. The summed E-state index contributed by atoms with van der Waals surface area (Å²) in [5.41, 5.74) is 5.14. The summed E-state index contributed by atoms with van der Waals surface area (Å²) >= 11 is 0. The van der Waals surface area contributed by atoms with Crippen LogP contribution in [-0.4, -0.2) is 66.6 Å². The smallest absolute Gasteiger partial charge is 0.231 e. The summed E-state index contributed by atoms with van der Waals surface area (Å²) in [4.78, 5) is 5.94. The van der Waals surface area contributed by atoms with Gasteiger partial charge in [0.2, 0.25) is 18.3 Å². The van der Waals surface area contributed by atoms with E-state index in [1.165, 1.54) is 14.2 Å². The van der Waals surface area contributed by atoms with Crippen molar-refractivity contribution in [1.29, 1.82) is 0 Å². The van der Waals surface area contributed by atoms with Gasteiger partial charge in [0.15, 0.2) is 29.6 Å². The molecule has 12 heteroatoms. The Morgan fingerprint density at radius 3 is 2.33 bits per heavy atom. The number of benzene rings is 3. The lowest BCUT2D eigenvalue weighted by Gasteiger charge is -2.36. The monoisotopic (exact) mass is 630 g/mol. The van der Waals surface area contributed by atoms with E-state index in [9.17, 15) is 5.11 Å². The van der Waals surface area contributed by atoms with Crippen LogP contribution in [0.15, 0.2) is 41.7 Å². The minimum absolute atomic E-state index is 0.0110. The zero-order valence-corrected chi connectivity index (χ0v) is 27.3. The molecule has 0 bridgehead atoms. The Balaban J connectivity index is 1.51. The number of aliphatic hydroxyl groups is 1. The SMILES string of the molecule is COc1cc2c(c(OC)c1OC)-c1c(cc3c(c1OC)OCO3)C[C@H](C)[C@@](C)(O)/C2=N/OCc1cn(-c2cc(C)cc(C)c2)nn1. The van der Waals surface area contributed by atoms with Gasteiger partial charge in [0, 0.05) is 16.7 Å². The molecule has 12 nitrogen and oxygen atoms in total. The molecule has 46 heavy (non-hydrogen) atoms. The molecule has 2 atom stereocenters. The van der Waals surface area contributed by atoms with Gasteiger partial charge < -0.3 is 38.4 Å². The molecule has 0 saturated carbocycles. The molecule has 0 saturated heterocycles. The van der Waals surface area contributed by atoms with Crippen molar-refractivity contribution in [2.24, 2.45) is 11.1 Å². The van der Waals surface area contributed by atoms with E-state index in [1.54, 1.807) is 38.1 Å². The Bertz CT molecular complexity index is 1810. The number of fused-ring (bicyclic) bond motifs is 4. The van der Waals surface area contributed by atoms with E-state index in [0.29, 0.717) is 63.3 Å². The number of aryl methyl sites for hydroxylation is 2. The highest BCUT2D eigenvalue weighted by molar-refractivity contribution is 6.13. The van der Waals surface area contributed by atoms with Crippen molar-refractivity contribution in [3.05, 3.63) is 64.5 Å². The topological polar surface area (TPSA) is 128 Å². The maximum Gasteiger partial charge on any atom is 0.231 e. The van der Waals surface area contributed by atoms with E-state index in [1.807, 2.05) is 39.0 Å². The van der Waals surface area contributed by atoms with Crippen molar-refractivity contribution in [3.63, 3.8) is 0 Å². The molecule has 0 radical (unpaired) electrons. The normalized spacial score (nSPS) is 19.2. The van der Waals surface area contributed by atoms with Crippen LogP contribution in [0.25, 0.3) is 16.8 Å². The summed E-state index contributed by atoms with van der Waals surface area (Å²) in [6, 6.07) is 9.84. The van der Waals surface area contributed by atoms with Gasteiger partial charge in [-0.3, -0.25) is 0 Å². The third kappa shape index (κ3) is 5.22. The summed E-state index contributed by atoms with van der Waals surface area (Å²) in [7, 11) is 6.19. The Hall–Kier alpha value is -4.97. The molecule has 1 aliphatic carbocycles. The number of aromatic nitrogens is 3. The second-order valence-electron chi connectivity index (χ2n) is 11.7. The van der Waals surface area contributed by atoms with E-state index in [0.717, 1.165) is 22.4 Å². The van der Waals surface area contributed by atoms with Gasteiger partial charge in [-0.25, -0.2) is 4.68 Å². The second-order valence-corrected chi connectivity index (χ2v) is 11.7. The highest BCUT2D eigenvalue weighted by atomic mass is 16.7. The van der Waals surface area contributed by atoms with Gasteiger partial charge in [-0.15, -0.1) is 5.10 Å². The van der Waals surface area contributed by atoms with Crippen LogP contribution >= 0.6 is 0 Å². The number of methoxy groups -OCH3 is 4. The van der Waals surface area contributed by atoms with E-state index in [-0.39, 0.29) is 25.0 Å². The lowest BCUT2D eigenvalue weighted by molar-refractivity contribution is 0.0625. The standard InChI is InChI=1S/C34H38N4O8/c1-18-9-19(2)11-23(10-18)38-15-22(35-37-38)16-46-36-33-24-14-25(40-5)29(41-6)32(43-8)28(24)27-21(12-20(3)34(33,4)39)13-26-30(31(27)42-7)45-17-44-26/h9-11,13-15,20,39H,12,16-17H2,1-8H3/b36-33+/t20-,34+/m0/s1. The van der Waals surface area contributed by atoms with Gasteiger partial charge in [0.05, 0.1) is 40.3 Å². The van der Waals surface area contributed by atoms with Crippen molar-refractivity contribution in [2.45, 2.75) is 46.3 Å². The van der Waals surface area contributed by atoms with Crippen LogP contribution in [0.5, 0.6) is 34.5 Å². The number of nitrogens with zero attached hydrogens (tertiary/aromatic N) is 4. The first-order valence-corrected chi connectivity index (χ1v) is 14.9. The molecule has 4 aromatic rings. The Morgan fingerprint density at radius 1 is 0.935 bits per heavy atom. The van der Waals surface area contributed by atoms with Gasteiger partial charge in [0.25, 0.3) is 0 Å². The Morgan fingerprint density at radius 2 is 1.65 bits per heavy atom. The summed E-state index contributed by atoms with van der Waals surface area (Å²) in [5.74, 6) is 2.29. The van der Waals surface area contributed by atoms with E-state index >= 15 is 0 Å². The minimum atomic E-state index is -1.47. The summed E-state index contributed by atoms with van der Waals surface area (Å²) in [5, 5.41) is 25.4. The maximum atomic E-state index is 12.2. The highest BCUT2D eigenvalue weighted by Crippen LogP contribution is 2.57. The lowest BCUT2D eigenvalue weighted by atomic mass is 9.73. The predicted octanol–water partition coefficient (Wildman–Crippen LogP) is 5.18. The van der Waals surface area contributed by atoms with Crippen LogP contribution in [0.3, 0.4) is 0 Å². The molecule has 0 amide bonds. The molecule has 0 fully saturated rings. The fourth-order valence-corrected chi connectivity index (χ4v) is 6.20. The van der Waals surface area contributed by atoms with Crippen LogP contribution in [0.1, 0.15) is 41.8 Å². The van der Waals surface area contributed by atoms with Crippen LogP contribution in [0, 0.1) is 19.8 Å². The van der Waals surface area contributed by atoms with Crippen LogP contribution in [0.4, 0.5) is 0 Å². The van der Waals surface area contributed by atoms with Gasteiger partial charge in [-0.05, 0) is 74.1 Å². The highest BCUT2D eigenvalue weighted by Gasteiger charge is 2.43. The number of hydrogen-bond acceptors (Lipinski definition) is 11. The molecular formula is C34H38N4O8. The third-order valence-electron chi connectivity index (χ3n) is 8.59. The first kappa shape index (κ1) is 31.0. The van der Waals surface area contributed by atoms with Gasteiger partial charge >= 0.3 is 0 Å². The third-order valence-corrected chi connectivity index (χ3v) is 8.59. The fraction of sp³-hybridized carbons (Fsp3) is 0.382. The lowest BCUT2D eigenvalue weighted by Crippen LogP contribution is -2.44. The molecule has 1 aromatic heterocycles. The first-order valence-electron chi connectivity index (χ1n) is 14.9. The molecule has 3 aromatic carbocycles. The van der Waals surface area contributed by atoms with Crippen molar-refractivity contribution in [1.82, 2.24) is 15.0 Å². The first-order chi connectivity index (χ1) is 22.1. The summed E-state index contributed by atoms with van der Waals surface area (Å²) < 4.78 is 36.8. The molecule has 1 aliphatic heterocycles. The average Bonchev–Trinajstić information content (AvgIpc) is 3.70. The number of hydrogen-bond donors (Lipinski definition) is 1. The zero-order chi connectivity index (χ0) is 32.7. The van der Waals surface area contributed by atoms with E-state index < -0.39 is 5.60 Å². The van der Waals surface area contributed by atoms with Gasteiger partial charge in [-0.1, -0.05) is 23.4 Å². The van der Waals surface area contributed by atoms with Crippen LogP contribution in [-0.2, 0) is 17.9 Å². The van der Waals surface area contributed by atoms with Crippen LogP contribution < -0.4 is 28.4 Å². The van der Waals surface area contributed by atoms with Crippen LogP contribution in [0.2, 0.25) is 0 Å². The van der Waals surface area contributed by atoms with E-state index in [4.69, 9.17) is 33.3 Å². The van der Waals surface area contributed by atoms with Crippen molar-refractivity contribution in [3.8, 4) is 51.3 Å². The predicted molar refractivity (Wildman–Crippen MR) is 170 cm³/mol. The Labute approximate surface area is 267 Å². The summed E-state index contributed by atoms with van der Waals surface area (Å²) in [6.45, 7) is 7.82. The molecule has 2 heterocycles. The average molecular weight is 631 g/mol. The molecule has 0 unspecified atom stereocenters. The Kier molecular flexibility index (Phi) is 8.15. The molecule has 242 valence electrons. The zero-order valence-electron chi connectivity index (χ0n) is 27.3. The second kappa shape index (κ2) is 12.1. The quantitative estimate of drug-likeness (QED) is 0.260. The summed E-state index contributed by atoms with van der Waals surface area (Å²) in [6.07, 6.45) is 2.23. The minimum Gasteiger partial charge on any atom is -0.493 e. The maximum absolute atomic E-state index is 12.2. The molecule has 0 spiro atoms. The number of oxime groups is 1. The van der Waals surface area contributed by atoms with Gasteiger partial charge in [-0.2, -0.15) is 0 Å². The number of ether oxygens (including phenoxy) is 6. The molecule has 1 N–H and O–H groups in total. The van der Waals surface area contributed by atoms with Crippen molar-refractivity contribution >= 4 is 5.71 Å². The van der Waals surface area contributed by atoms with Crippen molar-refractivity contribution in [2.75, 3.05) is 35.2 Å². The van der Waals surface area contributed by atoms with E-state index in [2.05, 4.69) is 21.5 Å². The molecule has 2 aliphatic rings. The fourth-order valence-electron chi connectivity index (χ4n) is 6.20. The molecular weight excluding hydrogens is 592 g/mol.